The Bertz CT molecular complexity index is 129. The highest BCUT2D eigenvalue weighted by Crippen LogP contribution is 2.10. The van der Waals surface area contributed by atoms with Crippen molar-refractivity contribution in [2.45, 2.75) is 6.42 Å². The Labute approximate surface area is 50.2 Å². The van der Waals surface area contributed by atoms with Gasteiger partial charge < -0.3 is 0 Å². The van der Waals surface area contributed by atoms with Gasteiger partial charge in [-0.05, 0) is 12.3 Å². The Kier molecular flexibility index (Phi) is 1.68. The van der Waals surface area contributed by atoms with Crippen LogP contribution in [0, 0.1) is 5.92 Å². The third-order valence-corrected chi connectivity index (χ3v) is 1.32. The van der Waals surface area contributed by atoms with Gasteiger partial charge in [0.15, 0.2) is 0 Å². The maximum absolute atomic E-state index is 3.70. The van der Waals surface area contributed by atoms with E-state index in [4.69, 9.17) is 0 Å². The van der Waals surface area contributed by atoms with E-state index < -0.39 is 0 Å². The topological polar surface area (TPSA) is 0 Å². The highest BCUT2D eigenvalue weighted by molar-refractivity contribution is 5.14. The molecule has 0 aromatic carbocycles. The average Bonchev–Trinajstić information content (AvgIpc) is 1.90. The van der Waals surface area contributed by atoms with Crippen molar-refractivity contribution in [2.75, 3.05) is 0 Å². The fourth-order valence-electron chi connectivity index (χ4n) is 0.774. The van der Waals surface area contributed by atoms with Crippen LogP contribution < -0.4 is 0 Å². The van der Waals surface area contributed by atoms with Gasteiger partial charge in [0.05, 0.1) is 0 Å². The summed E-state index contributed by atoms with van der Waals surface area (Å²) < 4.78 is 0. The van der Waals surface area contributed by atoms with Crippen molar-refractivity contribution in [1.82, 2.24) is 0 Å². The SMILES string of the molecule is C=C[C@H]1C=CC=CC1. The van der Waals surface area contributed by atoms with E-state index in [1.54, 1.807) is 0 Å². The molecule has 42 valence electrons. The van der Waals surface area contributed by atoms with Crippen molar-refractivity contribution < 1.29 is 0 Å². The van der Waals surface area contributed by atoms with E-state index in [0.717, 1.165) is 6.42 Å². The lowest BCUT2D eigenvalue weighted by Crippen LogP contribution is -1.89. The van der Waals surface area contributed by atoms with Crippen LogP contribution in [0.15, 0.2) is 37.0 Å². The predicted molar refractivity (Wildman–Crippen MR) is 36.6 cm³/mol. The lowest BCUT2D eigenvalue weighted by Gasteiger charge is -2.04. The minimum atomic E-state index is 0.583. The van der Waals surface area contributed by atoms with Gasteiger partial charge in [0.2, 0.25) is 0 Å². The van der Waals surface area contributed by atoms with Gasteiger partial charge in [-0.3, -0.25) is 0 Å². The first-order valence-corrected chi connectivity index (χ1v) is 2.89. The van der Waals surface area contributed by atoms with Gasteiger partial charge in [-0.15, -0.1) is 6.58 Å². The monoisotopic (exact) mass is 106 g/mol. The molecule has 0 aromatic heterocycles. The van der Waals surface area contributed by atoms with Crippen LogP contribution in [-0.4, -0.2) is 0 Å². The summed E-state index contributed by atoms with van der Waals surface area (Å²) in [6.07, 6.45) is 11.6. The minimum absolute atomic E-state index is 0.583. The van der Waals surface area contributed by atoms with Crippen molar-refractivity contribution in [2.24, 2.45) is 5.92 Å². The van der Waals surface area contributed by atoms with E-state index in [1.165, 1.54) is 0 Å². The van der Waals surface area contributed by atoms with Crippen LogP contribution in [0.25, 0.3) is 0 Å². The maximum Gasteiger partial charge on any atom is -0.00184 e. The molecule has 0 heteroatoms. The normalized spacial score (nSPS) is 25.8. The van der Waals surface area contributed by atoms with Crippen molar-refractivity contribution in [1.29, 1.82) is 0 Å². The molecule has 0 saturated carbocycles. The van der Waals surface area contributed by atoms with Gasteiger partial charge in [0, 0.05) is 0 Å². The van der Waals surface area contributed by atoms with Crippen molar-refractivity contribution in [3.05, 3.63) is 37.0 Å². The highest BCUT2D eigenvalue weighted by Gasteiger charge is 1.96. The summed E-state index contributed by atoms with van der Waals surface area (Å²) in [7, 11) is 0. The molecule has 0 aromatic rings. The Balaban J connectivity index is 2.51. The molecular formula is C8H10. The number of hydrogen-bond donors (Lipinski definition) is 0. The Morgan fingerprint density at radius 2 is 2.38 bits per heavy atom. The molecular weight excluding hydrogens is 96.1 g/mol. The molecule has 0 spiro atoms. The smallest absolute Gasteiger partial charge is 0.00184 e. The second-order valence-corrected chi connectivity index (χ2v) is 1.95. The summed E-state index contributed by atoms with van der Waals surface area (Å²) in [6, 6.07) is 0. The molecule has 1 rings (SSSR count). The number of allylic oxidation sites excluding steroid dienone is 5. The lowest BCUT2D eigenvalue weighted by molar-refractivity contribution is 0.825. The third-order valence-electron chi connectivity index (χ3n) is 1.32. The van der Waals surface area contributed by atoms with Crippen LogP contribution in [0.4, 0.5) is 0 Å². The zero-order chi connectivity index (χ0) is 5.82. The Hall–Kier alpha value is -0.780. The van der Waals surface area contributed by atoms with Crippen molar-refractivity contribution in [3.8, 4) is 0 Å². The molecule has 0 fully saturated rings. The van der Waals surface area contributed by atoms with Crippen molar-refractivity contribution >= 4 is 0 Å². The number of rotatable bonds is 1. The molecule has 0 nitrogen and oxygen atoms in total. The summed E-state index contributed by atoms with van der Waals surface area (Å²) in [5.74, 6) is 0.583. The van der Waals surface area contributed by atoms with Gasteiger partial charge in [-0.25, -0.2) is 0 Å². The molecule has 0 N–H and O–H groups in total. The predicted octanol–water partition coefficient (Wildman–Crippen LogP) is 2.30. The summed E-state index contributed by atoms with van der Waals surface area (Å²) in [6.45, 7) is 3.70. The van der Waals surface area contributed by atoms with E-state index in [2.05, 4.69) is 30.9 Å². The first kappa shape index (κ1) is 5.36. The van der Waals surface area contributed by atoms with Gasteiger partial charge in [0.1, 0.15) is 0 Å². The average molecular weight is 106 g/mol. The zero-order valence-corrected chi connectivity index (χ0v) is 4.88. The minimum Gasteiger partial charge on any atom is -0.102 e. The van der Waals surface area contributed by atoms with E-state index in [0.29, 0.717) is 5.92 Å². The molecule has 0 heterocycles. The quantitative estimate of drug-likeness (QED) is 0.450. The van der Waals surface area contributed by atoms with Gasteiger partial charge in [-0.2, -0.15) is 0 Å². The van der Waals surface area contributed by atoms with E-state index >= 15 is 0 Å². The summed E-state index contributed by atoms with van der Waals surface area (Å²) in [5, 5.41) is 0. The molecule has 1 aliphatic rings. The third kappa shape index (κ3) is 1.09. The second-order valence-electron chi connectivity index (χ2n) is 1.95. The number of hydrogen-bond acceptors (Lipinski definition) is 0. The fraction of sp³-hybridized carbons (Fsp3) is 0.250. The molecule has 0 saturated heterocycles. The van der Waals surface area contributed by atoms with Gasteiger partial charge in [-0.1, -0.05) is 30.4 Å². The highest BCUT2D eigenvalue weighted by atomic mass is 14.0. The van der Waals surface area contributed by atoms with Crippen LogP contribution in [0.3, 0.4) is 0 Å². The molecule has 1 aliphatic carbocycles. The van der Waals surface area contributed by atoms with Crippen LogP contribution in [0.5, 0.6) is 0 Å². The second kappa shape index (κ2) is 2.51. The fourth-order valence-corrected chi connectivity index (χ4v) is 0.774. The summed E-state index contributed by atoms with van der Waals surface area (Å²) >= 11 is 0. The van der Waals surface area contributed by atoms with Gasteiger partial charge in [0.25, 0.3) is 0 Å². The standard InChI is InChI=1S/C8H10/c1-2-8-6-4-3-5-7-8/h2-6,8H,1,7H2/t8-/m0/s1. The molecule has 0 unspecified atom stereocenters. The Morgan fingerprint density at radius 1 is 1.50 bits per heavy atom. The molecule has 0 bridgehead atoms. The van der Waals surface area contributed by atoms with Crippen molar-refractivity contribution in [3.63, 3.8) is 0 Å². The Morgan fingerprint density at radius 3 is 2.75 bits per heavy atom. The molecule has 8 heavy (non-hydrogen) atoms. The van der Waals surface area contributed by atoms with Crippen LogP contribution in [-0.2, 0) is 0 Å². The molecule has 0 aliphatic heterocycles. The van der Waals surface area contributed by atoms with Crippen LogP contribution in [0.2, 0.25) is 0 Å². The summed E-state index contributed by atoms with van der Waals surface area (Å²) in [4.78, 5) is 0. The molecule has 0 radical (unpaired) electrons. The molecule has 1 atom stereocenters. The van der Waals surface area contributed by atoms with E-state index in [-0.39, 0.29) is 0 Å². The largest absolute Gasteiger partial charge is 0.102 e. The van der Waals surface area contributed by atoms with E-state index in [1.807, 2.05) is 6.08 Å². The van der Waals surface area contributed by atoms with Crippen LogP contribution in [0.1, 0.15) is 6.42 Å². The van der Waals surface area contributed by atoms with E-state index in [9.17, 15) is 0 Å². The first-order chi connectivity index (χ1) is 3.93. The van der Waals surface area contributed by atoms with Gasteiger partial charge >= 0.3 is 0 Å². The van der Waals surface area contributed by atoms with Crippen LogP contribution >= 0.6 is 0 Å². The molecule has 0 amide bonds. The maximum atomic E-state index is 3.70. The first-order valence-electron chi connectivity index (χ1n) is 2.89. The zero-order valence-electron chi connectivity index (χ0n) is 4.88. The summed E-state index contributed by atoms with van der Waals surface area (Å²) in [5.41, 5.74) is 0. The lowest BCUT2D eigenvalue weighted by atomic mass is 10.0.